The molecule has 0 atom stereocenters. The summed E-state index contributed by atoms with van der Waals surface area (Å²) in [6.07, 6.45) is 0. The molecule has 0 aromatic heterocycles. The second-order valence-corrected chi connectivity index (χ2v) is 7.73. The van der Waals surface area contributed by atoms with E-state index >= 15 is 0 Å². The van der Waals surface area contributed by atoms with Crippen LogP contribution in [0, 0.1) is 17.0 Å². The van der Waals surface area contributed by atoms with Gasteiger partial charge in [0.15, 0.2) is 5.78 Å². The van der Waals surface area contributed by atoms with Crippen molar-refractivity contribution in [3.05, 3.63) is 96.5 Å². The Morgan fingerprint density at radius 2 is 1.80 bits per heavy atom. The minimum Gasteiger partial charge on any atom is -0.478 e. The Bertz CT molecular complexity index is 1200. The van der Waals surface area contributed by atoms with Crippen molar-refractivity contribution in [2.45, 2.75) is 6.92 Å². The molecule has 0 saturated heterocycles. The van der Waals surface area contributed by atoms with Gasteiger partial charge in [0.05, 0.1) is 15.5 Å². The van der Waals surface area contributed by atoms with Gasteiger partial charge in [-0.2, -0.15) is 0 Å². The van der Waals surface area contributed by atoms with Crippen LogP contribution in [0.15, 0.2) is 59.1 Å². The minimum atomic E-state index is -1.13. The van der Waals surface area contributed by atoms with Crippen molar-refractivity contribution in [3.8, 4) is 0 Å². The van der Waals surface area contributed by atoms with Crippen LogP contribution in [-0.2, 0) is 0 Å². The van der Waals surface area contributed by atoms with Crippen LogP contribution in [0.1, 0.15) is 31.8 Å². The van der Waals surface area contributed by atoms with Gasteiger partial charge in [-0.3, -0.25) is 14.9 Å². The molecule has 0 radical (unpaired) electrons. The van der Waals surface area contributed by atoms with Crippen molar-refractivity contribution in [1.29, 1.82) is 0 Å². The number of carboxylic acid groups (broad SMARTS) is 1. The summed E-state index contributed by atoms with van der Waals surface area (Å²) in [5.41, 5.74) is 1.65. The molecule has 3 aromatic rings. The van der Waals surface area contributed by atoms with E-state index in [-0.39, 0.29) is 33.1 Å². The maximum Gasteiger partial charge on any atom is 0.335 e. The smallest absolute Gasteiger partial charge is 0.335 e. The number of nitrogens with zero attached hydrogens (tertiary/aromatic N) is 1. The van der Waals surface area contributed by atoms with Crippen LogP contribution in [0.2, 0.25) is 5.02 Å². The third-order valence-electron chi connectivity index (χ3n) is 4.38. The van der Waals surface area contributed by atoms with Gasteiger partial charge in [0.2, 0.25) is 0 Å². The normalized spacial score (nSPS) is 10.5. The number of nitrogens with one attached hydrogen (secondary N) is 1. The van der Waals surface area contributed by atoms with E-state index in [0.717, 1.165) is 0 Å². The number of rotatable bonds is 6. The summed E-state index contributed by atoms with van der Waals surface area (Å²) >= 11 is 9.51. The number of hydrogen-bond acceptors (Lipinski definition) is 5. The van der Waals surface area contributed by atoms with Gasteiger partial charge in [0.25, 0.3) is 5.69 Å². The molecule has 2 N–H and O–H groups in total. The Kier molecular flexibility index (Phi) is 6.19. The fraction of sp³-hybridized carbons (Fsp3) is 0.0476. The molecule has 0 aliphatic carbocycles. The number of benzene rings is 3. The summed E-state index contributed by atoms with van der Waals surface area (Å²) in [7, 11) is 0. The first-order chi connectivity index (χ1) is 14.2. The number of aryl methyl sites for hydroxylation is 1. The minimum absolute atomic E-state index is 0.000840. The Morgan fingerprint density at radius 1 is 1.07 bits per heavy atom. The molecule has 30 heavy (non-hydrogen) atoms. The van der Waals surface area contributed by atoms with Gasteiger partial charge in [0, 0.05) is 27.4 Å². The number of halogens is 2. The molecule has 0 spiro atoms. The van der Waals surface area contributed by atoms with E-state index in [0.29, 0.717) is 15.7 Å². The number of ketones is 1. The zero-order chi connectivity index (χ0) is 22.0. The van der Waals surface area contributed by atoms with Gasteiger partial charge < -0.3 is 10.4 Å². The number of carboxylic acids is 1. The maximum atomic E-state index is 12.9. The van der Waals surface area contributed by atoms with Gasteiger partial charge in [-0.1, -0.05) is 33.6 Å². The third kappa shape index (κ3) is 4.50. The van der Waals surface area contributed by atoms with Crippen LogP contribution in [0.5, 0.6) is 0 Å². The first-order valence-corrected chi connectivity index (χ1v) is 9.73. The largest absolute Gasteiger partial charge is 0.478 e. The molecule has 0 aliphatic heterocycles. The molecule has 3 rings (SSSR count). The number of anilines is 2. The average Bonchev–Trinajstić information content (AvgIpc) is 2.69. The molecule has 152 valence electrons. The van der Waals surface area contributed by atoms with Crippen LogP contribution in [-0.4, -0.2) is 21.8 Å². The Hall–Kier alpha value is -3.23. The van der Waals surface area contributed by atoms with Crippen LogP contribution in [0.4, 0.5) is 17.1 Å². The van der Waals surface area contributed by atoms with Crippen molar-refractivity contribution in [2.24, 2.45) is 0 Å². The zero-order valence-electron chi connectivity index (χ0n) is 15.5. The second-order valence-electron chi connectivity index (χ2n) is 6.40. The summed E-state index contributed by atoms with van der Waals surface area (Å²) < 4.78 is 0.567. The van der Waals surface area contributed by atoms with Crippen LogP contribution >= 0.6 is 27.5 Å². The predicted octanol–water partition coefficient (Wildman–Crippen LogP) is 5.99. The van der Waals surface area contributed by atoms with Gasteiger partial charge in [-0.05, 0) is 55.0 Å². The van der Waals surface area contributed by atoms with Crippen LogP contribution in [0.25, 0.3) is 0 Å². The molecular weight excluding hydrogens is 476 g/mol. The topological polar surface area (TPSA) is 110 Å². The lowest BCUT2D eigenvalue weighted by Gasteiger charge is -2.11. The van der Waals surface area contributed by atoms with Gasteiger partial charge >= 0.3 is 5.97 Å². The fourth-order valence-electron chi connectivity index (χ4n) is 2.84. The first kappa shape index (κ1) is 21.5. The Morgan fingerprint density at radius 3 is 2.43 bits per heavy atom. The predicted molar refractivity (Wildman–Crippen MR) is 117 cm³/mol. The number of hydrogen-bond donors (Lipinski definition) is 2. The van der Waals surface area contributed by atoms with Crippen LogP contribution < -0.4 is 5.32 Å². The van der Waals surface area contributed by atoms with Crippen molar-refractivity contribution in [3.63, 3.8) is 0 Å². The van der Waals surface area contributed by atoms with Gasteiger partial charge in [0.1, 0.15) is 5.69 Å². The second kappa shape index (κ2) is 8.64. The van der Waals surface area contributed by atoms with E-state index in [1.54, 1.807) is 31.2 Å². The molecule has 0 unspecified atom stereocenters. The van der Waals surface area contributed by atoms with E-state index in [1.807, 2.05) is 0 Å². The van der Waals surface area contributed by atoms with E-state index in [1.165, 1.54) is 30.3 Å². The van der Waals surface area contributed by atoms with Gasteiger partial charge in [-0.25, -0.2) is 4.79 Å². The van der Waals surface area contributed by atoms with E-state index in [4.69, 9.17) is 16.7 Å². The van der Waals surface area contributed by atoms with Crippen LogP contribution in [0.3, 0.4) is 0 Å². The molecular formula is C21H14BrClN2O5. The van der Waals surface area contributed by atoms with E-state index in [2.05, 4.69) is 21.2 Å². The highest BCUT2D eigenvalue weighted by Gasteiger charge is 2.19. The van der Waals surface area contributed by atoms with E-state index < -0.39 is 16.7 Å². The summed E-state index contributed by atoms with van der Waals surface area (Å²) in [5, 5.41) is 23.5. The maximum absolute atomic E-state index is 12.9. The first-order valence-electron chi connectivity index (χ1n) is 8.56. The number of nitro benzene ring substituents is 1. The lowest BCUT2D eigenvalue weighted by atomic mass is 9.96. The molecule has 0 fully saturated rings. The summed E-state index contributed by atoms with van der Waals surface area (Å²) in [4.78, 5) is 34.9. The van der Waals surface area contributed by atoms with E-state index in [9.17, 15) is 19.7 Å². The summed E-state index contributed by atoms with van der Waals surface area (Å²) in [6.45, 7) is 1.70. The fourth-order valence-corrected chi connectivity index (χ4v) is 3.45. The number of nitro groups is 1. The standard InChI is InChI=1S/C21H14BrClN2O5/c1-11-2-3-12(21(27)28)8-16(11)20(26)15-6-5-14(10-17(15)23)24-18-7-4-13(22)9-19(18)25(29)30/h2-10,24H,1H3,(H,27,28). The third-order valence-corrected chi connectivity index (χ3v) is 5.18. The lowest BCUT2D eigenvalue weighted by Crippen LogP contribution is -2.07. The highest BCUT2D eigenvalue weighted by Crippen LogP contribution is 2.32. The lowest BCUT2D eigenvalue weighted by molar-refractivity contribution is -0.384. The molecule has 0 heterocycles. The van der Waals surface area contributed by atoms with Gasteiger partial charge in [-0.15, -0.1) is 0 Å². The SMILES string of the molecule is Cc1ccc(C(=O)O)cc1C(=O)c1ccc(Nc2ccc(Br)cc2[N+](=O)[O-])cc1Cl. The molecule has 9 heteroatoms. The quantitative estimate of drug-likeness (QED) is 0.250. The number of carbonyl (C=O) groups excluding carboxylic acids is 1. The molecule has 0 aliphatic rings. The van der Waals surface area contributed by atoms with Crippen molar-refractivity contribution < 1.29 is 19.6 Å². The molecule has 0 amide bonds. The Labute approximate surface area is 184 Å². The summed E-state index contributed by atoms with van der Waals surface area (Å²) in [5.74, 6) is -1.55. The zero-order valence-corrected chi connectivity index (χ0v) is 17.8. The monoisotopic (exact) mass is 488 g/mol. The average molecular weight is 490 g/mol. The molecule has 0 bridgehead atoms. The number of carbonyl (C=O) groups is 2. The molecule has 0 saturated carbocycles. The Balaban J connectivity index is 1.93. The summed E-state index contributed by atoms with van der Waals surface area (Å²) in [6, 6.07) is 13.4. The number of aromatic carboxylic acids is 1. The molecule has 7 nitrogen and oxygen atoms in total. The van der Waals surface area contributed by atoms with Crippen molar-refractivity contribution in [2.75, 3.05) is 5.32 Å². The molecule has 3 aromatic carbocycles. The van der Waals surface area contributed by atoms with Crippen molar-refractivity contribution in [1.82, 2.24) is 0 Å². The highest BCUT2D eigenvalue weighted by atomic mass is 79.9. The van der Waals surface area contributed by atoms with Crippen molar-refractivity contribution >= 4 is 56.3 Å². The highest BCUT2D eigenvalue weighted by molar-refractivity contribution is 9.10.